The fraction of sp³-hybridized carbons (Fsp3) is 0.889. The third-order valence-electron chi connectivity index (χ3n) is 2.63. The van der Waals surface area contributed by atoms with Crippen molar-refractivity contribution in [1.82, 2.24) is 5.32 Å². The second kappa shape index (κ2) is 3.44. The first-order chi connectivity index (χ1) is 5.64. The average molecular weight is 171 g/mol. The van der Waals surface area contributed by atoms with Crippen LogP contribution in [0.25, 0.3) is 0 Å². The van der Waals surface area contributed by atoms with Crippen LogP contribution in [-0.2, 0) is 4.79 Å². The quantitative estimate of drug-likeness (QED) is 0.653. The van der Waals surface area contributed by atoms with Gasteiger partial charge in [-0.05, 0) is 26.2 Å². The molecule has 1 fully saturated rings. The number of aliphatic hydroxyl groups excluding tert-OH is 1. The average Bonchev–Trinajstić information content (AvgIpc) is 2.84. The summed E-state index contributed by atoms with van der Waals surface area (Å²) < 4.78 is 0. The minimum absolute atomic E-state index is 0.00469. The maximum Gasteiger partial charge on any atom is 0.228 e. The van der Waals surface area contributed by atoms with Gasteiger partial charge in [0, 0.05) is 6.04 Å². The Morgan fingerprint density at radius 3 is 2.58 bits per heavy atom. The number of aliphatic hydroxyl groups is 1. The number of hydrogen-bond acceptors (Lipinski definition) is 2. The highest BCUT2D eigenvalue weighted by atomic mass is 16.3. The number of amides is 1. The van der Waals surface area contributed by atoms with E-state index in [4.69, 9.17) is 5.11 Å². The van der Waals surface area contributed by atoms with Gasteiger partial charge in [0.1, 0.15) is 0 Å². The summed E-state index contributed by atoms with van der Waals surface area (Å²) in [6.45, 7) is 4.00. The molecular weight excluding hydrogens is 154 g/mol. The Bertz CT molecular complexity index is 175. The van der Waals surface area contributed by atoms with Crippen LogP contribution in [0, 0.1) is 5.41 Å². The maximum absolute atomic E-state index is 11.5. The highest BCUT2D eigenvalue weighted by Crippen LogP contribution is 2.45. The van der Waals surface area contributed by atoms with Gasteiger partial charge in [0.05, 0.1) is 12.0 Å². The molecule has 1 unspecified atom stereocenters. The van der Waals surface area contributed by atoms with Gasteiger partial charge in [-0.3, -0.25) is 4.79 Å². The molecular formula is C9H17NO2. The lowest BCUT2D eigenvalue weighted by atomic mass is 10.1. The standard InChI is InChI=1S/C9H17NO2/c1-3-7(2)10-8(12)9(6-11)4-5-9/h7,11H,3-6H2,1-2H3,(H,10,12). The van der Waals surface area contributed by atoms with Gasteiger partial charge in [0.15, 0.2) is 0 Å². The van der Waals surface area contributed by atoms with E-state index in [1.54, 1.807) is 0 Å². The summed E-state index contributed by atoms with van der Waals surface area (Å²) in [4.78, 5) is 11.5. The summed E-state index contributed by atoms with van der Waals surface area (Å²) in [5.41, 5.74) is -0.413. The van der Waals surface area contributed by atoms with Gasteiger partial charge in [-0.2, -0.15) is 0 Å². The highest BCUT2D eigenvalue weighted by Gasteiger charge is 2.49. The van der Waals surface area contributed by atoms with Gasteiger partial charge in [-0.1, -0.05) is 6.92 Å². The van der Waals surface area contributed by atoms with Crippen LogP contribution in [0.15, 0.2) is 0 Å². The predicted molar refractivity (Wildman–Crippen MR) is 46.6 cm³/mol. The molecule has 0 aromatic heterocycles. The molecule has 12 heavy (non-hydrogen) atoms. The summed E-state index contributed by atoms with van der Waals surface area (Å²) in [5.74, 6) is 0.0272. The lowest BCUT2D eigenvalue weighted by molar-refractivity contribution is -0.128. The normalized spacial score (nSPS) is 21.6. The molecule has 3 heteroatoms. The number of hydrogen-bond donors (Lipinski definition) is 2. The van der Waals surface area contributed by atoms with E-state index < -0.39 is 5.41 Å². The molecule has 0 aliphatic heterocycles. The zero-order chi connectivity index (χ0) is 9.19. The summed E-state index contributed by atoms with van der Waals surface area (Å²) in [6, 6.07) is 0.224. The molecule has 0 aromatic rings. The van der Waals surface area contributed by atoms with Crippen molar-refractivity contribution >= 4 is 5.91 Å². The third kappa shape index (κ3) is 1.78. The van der Waals surface area contributed by atoms with Crippen molar-refractivity contribution < 1.29 is 9.90 Å². The van der Waals surface area contributed by atoms with Crippen LogP contribution in [0.3, 0.4) is 0 Å². The van der Waals surface area contributed by atoms with Crippen molar-refractivity contribution in [2.45, 2.75) is 39.2 Å². The number of carbonyl (C=O) groups excluding carboxylic acids is 1. The summed E-state index contributed by atoms with van der Waals surface area (Å²) in [6.07, 6.45) is 2.62. The molecule has 0 radical (unpaired) electrons. The second-order valence-corrected chi connectivity index (χ2v) is 3.72. The minimum atomic E-state index is -0.413. The fourth-order valence-corrected chi connectivity index (χ4v) is 1.09. The van der Waals surface area contributed by atoms with Crippen LogP contribution in [-0.4, -0.2) is 23.7 Å². The first kappa shape index (κ1) is 9.52. The Morgan fingerprint density at radius 1 is 1.67 bits per heavy atom. The lowest BCUT2D eigenvalue weighted by Gasteiger charge is -2.16. The molecule has 0 heterocycles. The Morgan fingerprint density at radius 2 is 2.25 bits per heavy atom. The van der Waals surface area contributed by atoms with Crippen molar-refractivity contribution in [2.24, 2.45) is 5.41 Å². The summed E-state index contributed by atoms with van der Waals surface area (Å²) in [7, 11) is 0. The smallest absolute Gasteiger partial charge is 0.228 e. The van der Waals surface area contributed by atoms with E-state index in [9.17, 15) is 4.79 Å². The number of carbonyl (C=O) groups is 1. The molecule has 0 spiro atoms. The molecule has 1 amide bonds. The van der Waals surface area contributed by atoms with E-state index in [1.807, 2.05) is 13.8 Å². The molecule has 1 rings (SSSR count). The Kier molecular flexibility index (Phi) is 2.73. The Hall–Kier alpha value is -0.570. The maximum atomic E-state index is 11.5. The van der Waals surface area contributed by atoms with Crippen LogP contribution < -0.4 is 5.32 Å². The first-order valence-electron chi connectivity index (χ1n) is 4.56. The molecule has 1 atom stereocenters. The van der Waals surface area contributed by atoms with E-state index in [1.165, 1.54) is 0 Å². The molecule has 0 saturated heterocycles. The first-order valence-corrected chi connectivity index (χ1v) is 4.56. The Labute approximate surface area is 73.2 Å². The van der Waals surface area contributed by atoms with Gasteiger partial charge in [0.25, 0.3) is 0 Å². The van der Waals surface area contributed by atoms with E-state index in [-0.39, 0.29) is 18.6 Å². The lowest BCUT2D eigenvalue weighted by Crippen LogP contribution is -2.39. The molecule has 1 saturated carbocycles. The minimum Gasteiger partial charge on any atom is -0.395 e. The monoisotopic (exact) mass is 171 g/mol. The number of rotatable bonds is 4. The van der Waals surface area contributed by atoms with Crippen molar-refractivity contribution in [3.63, 3.8) is 0 Å². The molecule has 3 nitrogen and oxygen atoms in total. The molecule has 1 aliphatic carbocycles. The van der Waals surface area contributed by atoms with Gasteiger partial charge in [-0.25, -0.2) is 0 Å². The fourth-order valence-electron chi connectivity index (χ4n) is 1.09. The van der Waals surface area contributed by atoms with Crippen LogP contribution in [0.5, 0.6) is 0 Å². The van der Waals surface area contributed by atoms with Crippen LogP contribution >= 0.6 is 0 Å². The van der Waals surface area contributed by atoms with Crippen molar-refractivity contribution in [1.29, 1.82) is 0 Å². The van der Waals surface area contributed by atoms with Crippen molar-refractivity contribution in [3.05, 3.63) is 0 Å². The van der Waals surface area contributed by atoms with Gasteiger partial charge >= 0.3 is 0 Å². The van der Waals surface area contributed by atoms with Crippen LogP contribution in [0.1, 0.15) is 33.1 Å². The van der Waals surface area contributed by atoms with E-state index in [0.717, 1.165) is 19.3 Å². The largest absolute Gasteiger partial charge is 0.395 e. The topological polar surface area (TPSA) is 49.3 Å². The van der Waals surface area contributed by atoms with Crippen LogP contribution in [0.2, 0.25) is 0 Å². The highest BCUT2D eigenvalue weighted by molar-refractivity contribution is 5.85. The molecule has 0 bridgehead atoms. The van der Waals surface area contributed by atoms with Crippen molar-refractivity contribution in [2.75, 3.05) is 6.61 Å². The molecule has 1 aliphatic rings. The van der Waals surface area contributed by atoms with E-state index >= 15 is 0 Å². The van der Waals surface area contributed by atoms with Crippen LogP contribution in [0.4, 0.5) is 0 Å². The van der Waals surface area contributed by atoms with Gasteiger partial charge in [-0.15, -0.1) is 0 Å². The van der Waals surface area contributed by atoms with Gasteiger partial charge < -0.3 is 10.4 Å². The SMILES string of the molecule is CCC(C)NC(=O)C1(CO)CC1. The van der Waals surface area contributed by atoms with E-state index in [0.29, 0.717) is 0 Å². The molecule has 70 valence electrons. The number of nitrogens with one attached hydrogen (secondary N) is 1. The zero-order valence-corrected chi connectivity index (χ0v) is 7.76. The molecule has 0 aromatic carbocycles. The van der Waals surface area contributed by atoms with Gasteiger partial charge in [0.2, 0.25) is 5.91 Å². The summed E-state index contributed by atoms with van der Waals surface area (Å²) >= 11 is 0. The Balaban J connectivity index is 2.38. The zero-order valence-electron chi connectivity index (χ0n) is 7.76. The summed E-state index contributed by atoms with van der Waals surface area (Å²) in [5, 5.41) is 11.8. The van der Waals surface area contributed by atoms with Crippen molar-refractivity contribution in [3.8, 4) is 0 Å². The second-order valence-electron chi connectivity index (χ2n) is 3.72. The third-order valence-corrected chi connectivity index (χ3v) is 2.63. The molecule has 2 N–H and O–H groups in total. The predicted octanol–water partition coefficient (Wildman–Crippen LogP) is 0.674. The van der Waals surface area contributed by atoms with E-state index in [2.05, 4.69) is 5.32 Å².